The maximum absolute atomic E-state index is 13.2. The predicted octanol–water partition coefficient (Wildman–Crippen LogP) is 3.66. The van der Waals surface area contributed by atoms with Gasteiger partial charge in [0.2, 0.25) is 0 Å². The van der Waals surface area contributed by atoms with Gasteiger partial charge in [-0.2, -0.15) is 0 Å². The van der Waals surface area contributed by atoms with Crippen molar-refractivity contribution in [1.82, 2.24) is 10.6 Å². The first-order valence-corrected chi connectivity index (χ1v) is 10.8. The van der Waals surface area contributed by atoms with Crippen molar-refractivity contribution in [3.8, 4) is 5.75 Å². The average Bonchev–Trinajstić information content (AvgIpc) is 3.31. The lowest BCUT2D eigenvalue weighted by molar-refractivity contribution is 0.0168. The second-order valence-electron chi connectivity index (χ2n) is 7.48. The van der Waals surface area contributed by atoms with Gasteiger partial charge >= 0.3 is 0 Å². The molecule has 0 aromatic heterocycles. The molecule has 2 N–H and O–H groups in total. The van der Waals surface area contributed by atoms with Crippen molar-refractivity contribution < 1.29 is 18.6 Å². The Labute approximate surface area is 183 Å². The number of nitrogens with zero attached hydrogens (tertiary/aromatic N) is 1. The maximum atomic E-state index is 13.2. The van der Waals surface area contributed by atoms with Crippen LogP contribution in [0.3, 0.4) is 0 Å². The highest BCUT2D eigenvalue weighted by atomic mass is 19.1. The highest BCUT2D eigenvalue weighted by Gasteiger charge is 2.14. The van der Waals surface area contributed by atoms with Crippen LogP contribution < -0.4 is 15.4 Å². The fourth-order valence-electron chi connectivity index (χ4n) is 3.27. The first-order valence-electron chi connectivity index (χ1n) is 10.8. The lowest BCUT2D eigenvalue weighted by atomic mass is 10.2. The zero-order valence-electron chi connectivity index (χ0n) is 18.1. The molecule has 31 heavy (non-hydrogen) atoms. The van der Waals surface area contributed by atoms with Gasteiger partial charge < -0.3 is 24.8 Å². The minimum atomic E-state index is -0.254. The second-order valence-corrected chi connectivity index (χ2v) is 7.48. The van der Waals surface area contributed by atoms with E-state index in [4.69, 9.17) is 14.2 Å². The fourth-order valence-corrected chi connectivity index (χ4v) is 3.27. The molecule has 2 aromatic rings. The Morgan fingerprint density at radius 3 is 2.77 bits per heavy atom. The molecule has 1 atom stereocenters. The molecule has 168 valence electrons. The van der Waals surface area contributed by atoms with Crippen molar-refractivity contribution in [2.75, 3.05) is 33.4 Å². The Bertz CT molecular complexity index is 808. The minimum Gasteiger partial charge on any atom is -0.489 e. The maximum Gasteiger partial charge on any atom is 0.191 e. The van der Waals surface area contributed by atoms with Gasteiger partial charge in [0.25, 0.3) is 0 Å². The molecule has 0 spiro atoms. The largest absolute Gasteiger partial charge is 0.489 e. The number of benzene rings is 2. The minimum absolute atomic E-state index is 0.254. The molecule has 3 rings (SSSR count). The smallest absolute Gasteiger partial charge is 0.191 e. The zero-order valence-corrected chi connectivity index (χ0v) is 18.1. The summed E-state index contributed by atoms with van der Waals surface area (Å²) in [6.07, 6.45) is 3.43. The molecule has 2 aromatic carbocycles. The van der Waals surface area contributed by atoms with Crippen molar-refractivity contribution in [3.05, 3.63) is 65.5 Å². The topological polar surface area (TPSA) is 64.1 Å². The van der Waals surface area contributed by atoms with Gasteiger partial charge in [-0.1, -0.05) is 24.3 Å². The number of hydrogen-bond donors (Lipinski definition) is 2. The highest BCUT2D eigenvalue weighted by molar-refractivity contribution is 5.79. The van der Waals surface area contributed by atoms with Gasteiger partial charge in [-0.05, 0) is 54.7 Å². The van der Waals surface area contributed by atoms with Crippen LogP contribution in [0.15, 0.2) is 53.5 Å². The van der Waals surface area contributed by atoms with E-state index in [1.165, 1.54) is 12.1 Å². The van der Waals surface area contributed by atoms with Gasteiger partial charge in [0.15, 0.2) is 5.96 Å². The summed E-state index contributed by atoms with van der Waals surface area (Å²) >= 11 is 0. The van der Waals surface area contributed by atoms with Crippen molar-refractivity contribution in [2.45, 2.75) is 38.5 Å². The van der Waals surface area contributed by atoms with Gasteiger partial charge in [-0.3, -0.25) is 4.99 Å². The number of nitrogens with one attached hydrogen (secondary N) is 2. The SMILES string of the molecule is CN=C(NCCCOCC1CCCO1)NCc1ccc(OCc2cccc(F)c2)cc1. The first-order chi connectivity index (χ1) is 15.2. The van der Waals surface area contributed by atoms with Gasteiger partial charge in [0.05, 0.1) is 12.7 Å². The van der Waals surface area contributed by atoms with Crippen molar-refractivity contribution in [3.63, 3.8) is 0 Å². The molecule has 0 aliphatic carbocycles. The number of guanidine groups is 1. The Morgan fingerprint density at radius 1 is 1.16 bits per heavy atom. The molecule has 0 bridgehead atoms. The standard InChI is InChI=1S/C24H32FN3O3/c1-26-24(27-12-4-13-29-18-23-7-3-14-30-23)28-16-19-8-10-22(11-9-19)31-17-20-5-2-6-21(25)15-20/h2,5-6,8-11,15,23H,3-4,7,12-14,16-18H2,1H3,(H2,26,27,28). The van der Waals surface area contributed by atoms with Crippen LogP contribution in [0.25, 0.3) is 0 Å². The Hall–Kier alpha value is -2.64. The molecule has 0 saturated carbocycles. The third kappa shape index (κ3) is 8.55. The van der Waals surface area contributed by atoms with E-state index in [0.29, 0.717) is 26.4 Å². The van der Waals surface area contributed by atoms with Crippen LogP contribution in [-0.4, -0.2) is 45.5 Å². The monoisotopic (exact) mass is 429 g/mol. The lowest BCUT2D eigenvalue weighted by Crippen LogP contribution is -2.37. The fraction of sp³-hybridized carbons (Fsp3) is 0.458. The summed E-state index contributed by atoms with van der Waals surface area (Å²) in [5, 5.41) is 6.60. The molecular weight excluding hydrogens is 397 g/mol. The number of halogens is 1. The van der Waals surface area contributed by atoms with Crippen LogP contribution in [0.4, 0.5) is 4.39 Å². The number of rotatable bonds is 11. The van der Waals surface area contributed by atoms with Crippen LogP contribution in [-0.2, 0) is 22.6 Å². The molecule has 0 amide bonds. The van der Waals surface area contributed by atoms with Gasteiger partial charge in [-0.25, -0.2) is 4.39 Å². The third-order valence-electron chi connectivity index (χ3n) is 4.99. The van der Waals surface area contributed by atoms with E-state index < -0.39 is 0 Å². The van der Waals surface area contributed by atoms with Crippen LogP contribution in [0.1, 0.15) is 30.4 Å². The van der Waals surface area contributed by atoms with Crippen molar-refractivity contribution >= 4 is 5.96 Å². The number of aliphatic imine (C=N–C) groups is 1. The second kappa shape index (κ2) is 12.9. The van der Waals surface area contributed by atoms with E-state index in [1.807, 2.05) is 30.3 Å². The predicted molar refractivity (Wildman–Crippen MR) is 120 cm³/mol. The highest BCUT2D eigenvalue weighted by Crippen LogP contribution is 2.15. The quantitative estimate of drug-likeness (QED) is 0.324. The summed E-state index contributed by atoms with van der Waals surface area (Å²) in [5.74, 6) is 1.25. The van der Waals surface area contributed by atoms with E-state index >= 15 is 0 Å². The van der Waals surface area contributed by atoms with Crippen LogP contribution >= 0.6 is 0 Å². The normalized spacial score (nSPS) is 16.3. The summed E-state index contributed by atoms with van der Waals surface area (Å²) in [5.41, 5.74) is 1.92. The van der Waals surface area contributed by atoms with E-state index in [9.17, 15) is 4.39 Å². The van der Waals surface area contributed by atoms with Gasteiger partial charge in [0.1, 0.15) is 18.2 Å². The number of hydrogen-bond acceptors (Lipinski definition) is 4. The molecule has 1 unspecified atom stereocenters. The molecule has 6 nitrogen and oxygen atoms in total. The molecule has 1 aliphatic heterocycles. The average molecular weight is 430 g/mol. The first kappa shape index (κ1) is 23.0. The number of ether oxygens (including phenoxy) is 3. The Morgan fingerprint density at radius 2 is 2.03 bits per heavy atom. The van der Waals surface area contributed by atoms with E-state index in [1.54, 1.807) is 13.1 Å². The molecule has 7 heteroatoms. The van der Waals surface area contributed by atoms with Crippen molar-refractivity contribution in [2.24, 2.45) is 4.99 Å². The van der Waals surface area contributed by atoms with E-state index in [0.717, 1.165) is 55.3 Å². The van der Waals surface area contributed by atoms with E-state index in [2.05, 4.69) is 15.6 Å². The molecule has 1 aliphatic rings. The van der Waals surface area contributed by atoms with Crippen LogP contribution in [0.5, 0.6) is 5.75 Å². The van der Waals surface area contributed by atoms with Crippen molar-refractivity contribution in [1.29, 1.82) is 0 Å². The third-order valence-corrected chi connectivity index (χ3v) is 4.99. The van der Waals surface area contributed by atoms with Gasteiger partial charge in [-0.15, -0.1) is 0 Å². The van der Waals surface area contributed by atoms with Crippen LogP contribution in [0, 0.1) is 5.82 Å². The summed E-state index contributed by atoms with van der Waals surface area (Å²) in [7, 11) is 1.76. The summed E-state index contributed by atoms with van der Waals surface area (Å²) < 4.78 is 30.2. The molecule has 1 heterocycles. The Balaban J connectivity index is 1.29. The zero-order chi connectivity index (χ0) is 21.7. The molecule has 1 fully saturated rings. The molecule has 0 radical (unpaired) electrons. The van der Waals surface area contributed by atoms with Gasteiger partial charge in [0, 0.05) is 33.4 Å². The van der Waals surface area contributed by atoms with Crippen LogP contribution in [0.2, 0.25) is 0 Å². The van der Waals surface area contributed by atoms with E-state index in [-0.39, 0.29) is 11.9 Å². The summed E-state index contributed by atoms with van der Waals surface area (Å²) in [6, 6.07) is 14.3. The Kier molecular flexibility index (Phi) is 9.60. The summed E-state index contributed by atoms with van der Waals surface area (Å²) in [4.78, 5) is 4.25. The molecule has 1 saturated heterocycles. The lowest BCUT2D eigenvalue weighted by Gasteiger charge is -2.13. The molecular formula is C24H32FN3O3. The summed E-state index contributed by atoms with van der Waals surface area (Å²) in [6.45, 7) is 4.04.